The van der Waals surface area contributed by atoms with Crippen LogP contribution < -0.4 is 16.0 Å². The third kappa shape index (κ3) is 5.72. The fraction of sp³-hybridized carbons (Fsp3) is 0.278. The van der Waals surface area contributed by atoms with Gasteiger partial charge in [-0.1, -0.05) is 17.7 Å². The van der Waals surface area contributed by atoms with Crippen molar-refractivity contribution in [2.75, 3.05) is 23.1 Å². The second kappa shape index (κ2) is 9.17. The number of hydrogen-bond acceptors (Lipinski definition) is 5. The third-order valence-corrected chi connectivity index (χ3v) is 3.83. The average molecular weight is 377 g/mol. The molecule has 0 saturated carbocycles. The van der Waals surface area contributed by atoms with Gasteiger partial charge in [0.05, 0.1) is 5.02 Å². The van der Waals surface area contributed by atoms with Crippen LogP contribution in [0.3, 0.4) is 0 Å². The molecule has 138 valence electrons. The molecule has 0 spiro atoms. The van der Waals surface area contributed by atoms with Crippen molar-refractivity contribution >= 4 is 40.6 Å². The number of amides is 2. The predicted octanol–water partition coefficient (Wildman–Crippen LogP) is 3.15. The van der Waals surface area contributed by atoms with Crippen molar-refractivity contribution in [1.29, 1.82) is 0 Å². The van der Waals surface area contributed by atoms with Crippen molar-refractivity contribution in [3.8, 4) is 0 Å². The zero-order valence-electron chi connectivity index (χ0n) is 14.7. The second-order valence-corrected chi connectivity index (χ2v) is 6.10. The molecule has 0 aliphatic rings. The van der Waals surface area contributed by atoms with Gasteiger partial charge in [0.1, 0.15) is 18.0 Å². The summed E-state index contributed by atoms with van der Waals surface area (Å²) in [5.74, 6) is -0.0749. The van der Waals surface area contributed by atoms with Gasteiger partial charge in [-0.2, -0.15) is 0 Å². The Kier molecular flexibility index (Phi) is 6.94. The van der Waals surface area contributed by atoms with Crippen molar-refractivity contribution in [3.63, 3.8) is 0 Å². The lowest BCUT2D eigenvalue weighted by atomic mass is 10.2. The Balaban J connectivity index is 1.96. The molecule has 7 nitrogen and oxygen atoms in total. The van der Waals surface area contributed by atoms with Crippen molar-refractivity contribution in [3.05, 3.63) is 47.6 Å². The Morgan fingerprint density at radius 1 is 1.08 bits per heavy atom. The van der Waals surface area contributed by atoms with Crippen molar-refractivity contribution in [2.24, 2.45) is 0 Å². The van der Waals surface area contributed by atoms with Gasteiger partial charge in [0.15, 0.2) is 0 Å². The van der Waals surface area contributed by atoms with Crippen molar-refractivity contribution in [2.45, 2.75) is 26.0 Å². The van der Waals surface area contributed by atoms with E-state index in [2.05, 4.69) is 20.9 Å². The molecule has 8 heteroatoms. The lowest BCUT2D eigenvalue weighted by Crippen LogP contribution is -2.32. The fourth-order valence-electron chi connectivity index (χ4n) is 2.04. The topological polar surface area (TPSA) is 92.4 Å². The maximum absolute atomic E-state index is 12.3. The van der Waals surface area contributed by atoms with E-state index in [-0.39, 0.29) is 11.8 Å². The predicted molar refractivity (Wildman–Crippen MR) is 103 cm³/mol. The maximum atomic E-state index is 12.3. The number of ether oxygens (including phenoxy) is 1. The number of benzene rings is 1. The van der Waals surface area contributed by atoms with Crippen LogP contribution in [-0.2, 0) is 14.3 Å². The van der Waals surface area contributed by atoms with Gasteiger partial charge in [-0.15, -0.1) is 0 Å². The summed E-state index contributed by atoms with van der Waals surface area (Å²) >= 11 is 5.77. The van der Waals surface area contributed by atoms with Gasteiger partial charge in [0.25, 0.3) is 5.91 Å². The number of carbonyl (C=O) groups is 2. The Hall–Kier alpha value is -2.64. The largest absolute Gasteiger partial charge is 0.374 e. The first-order valence-corrected chi connectivity index (χ1v) is 8.39. The van der Waals surface area contributed by atoms with Crippen LogP contribution in [0.5, 0.6) is 0 Å². The highest BCUT2D eigenvalue weighted by atomic mass is 35.5. The summed E-state index contributed by atoms with van der Waals surface area (Å²) in [7, 11) is 1.47. The first-order valence-electron chi connectivity index (χ1n) is 8.01. The first kappa shape index (κ1) is 19.7. The molecule has 0 bridgehead atoms. The quantitative estimate of drug-likeness (QED) is 0.690. The SMILES string of the molecule is COC(C)C(=O)Nc1cccc(NC(C)C(=O)Nc2ccc(Cl)cn2)c1. The summed E-state index contributed by atoms with van der Waals surface area (Å²) in [6.07, 6.45) is 0.908. The van der Waals surface area contributed by atoms with E-state index in [0.717, 1.165) is 0 Å². The molecule has 0 aliphatic heterocycles. The van der Waals surface area contributed by atoms with E-state index < -0.39 is 12.1 Å². The Bertz CT molecular complexity index is 767. The van der Waals surface area contributed by atoms with Crippen LogP contribution in [-0.4, -0.2) is 36.1 Å². The molecule has 3 N–H and O–H groups in total. The van der Waals surface area contributed by atoms with Gasteiger partial charge in [0.2, 0.25) is 5.91 Å². The minimum atomic E-state index is -0.553. The second-order valence-electron chi connectivity index (χ2n) is 5.66. The smallest absolute Gasteiger partial charge is 0.253 e. The highest BCUT2D eigenvalue weighted by Crippen LogP contribution is 2.17. The average Bonchev–Trinajstić information content (AvgIpc) is 2.63. The van der Waals surface area contributed by atoms with Crippen molar-refractivity contribution in [1.82, 2.24) is 4.98 Å². The number of nitrogens with zero attached hydrogens (tertiary/aromatic N) is 1. The molecule has 1 aromatic carbocycles. The molecular formula is C18H21ClN4O3. The monoisotopic (exact) mass is 376 g/mol. The highest BCUT2D eigenvalue weighted by molar-refractivity contribution is 6.30. The van der Waals surface area contributed by atoms with E-state index >= 15 is 0 Å². The Labute approximate surface area is 157 Å². The molecule has 2 unspecified atom stereocenters. The number of pyridine rings is 1. The molecule has 0 saturated heterocycles. The molecule has 2 atom stereocenters. The van der Waals surface area contributed by atoms with Crippen molar-refractivity contribution < 1.29 is 14.3 Å². The lowest BCUT2D eigenvalue weighted by Gasteiger charge is -2.16. The van der Waals surface area contributed by atoms with E-state index in [1.807, 2.05) is 0 Å². The van der Waals surface area contributed by atoms with Gasteiger partial charge < -0.3 is 20.7 Å². The third-order valence-electron chi connectivity index (χ3n) is 3.61. The lowest BCUT2D eigenvalue weighted by molar-refractivity contribution is -0.124. The Morgan fingerprint density at radius 2 is 1.81 bits per heavy atom. The van der Waals surface area contributed by atoms with Crippen LogP contribution in [0.25, 0.3) is 0 Å². The minimum Gasteiger partial charge on any atom is -0.374 e. The van der Waals surface area contributed by atoms with Crippen LogP contribution in [0, 0.1) is 0 Å². The van der Waals surface area contributed by atoms with Crippen LogP contribution in [0.1, 0.15) is 13.8 Å². The zero-order chi connectivity index (χ0) is 19.1. The number of hydrogen-bond donors (Lipinski definition) is 3. The van der Waals surface area contributed by atoms with Crippen LogP contribution in [0.15, 0.2) is 42.6 Å². The summed E-state index contributed by atoms with van der Waals surface area (Å²) in [5.41, 5.74) is 1.30. The number of anilines is 3. The van der Waals surface area contributed by atoms with E-state index in [9.17, 15) is 9.59 Å². The zero-order valence-corrected chi connectivity index (χ0v) is 15.5. The minimum absolute atomic E-state index is 0.246. The Morgan fingerprint density at radius 3 is 2.46 bits per heavy atom. The first-order chi connectivity index (χ1) is 12.4. The molecule has 26 heavy (non-hydrogen) atoms. The van der Waals surface area contributed by atoms with Gasteiger partial charge in [-0.25, -0.2) is 4.98 Å². The summed E-state index contributed by atoms with van der Waals surface area (Å²) in [6, 6.07) is 9.84. The standard InChI is InChI=1S/C18H21ClN4O3/c1-11(17(24)23-16-8-7-13(19)10-20-16)21-14-5-4-6-15(9-14)22-18(25)12(2)26-3/h4-12,21H,1-3H3,(H,22,25)(H,20,23,24). The summed E-state index contributed by atoms with van der Waals surface area (Å²) in [5, 5.41) is 9.03. The molecule has 2 aromatic rings. The molecule has 1 heterocycles. The number of halogens is 1. The molecule has 1 aromatic heterocycles. The van der Waals surface area contributed by atoms with Gasteiger partial charge in [-0.3, -0.25) is 9.59 Å². The molecule has 0 radical (unpaired) electrons. The fourth-order valence-corrected chi connectivity index (χ4v) is 2.15. The highest BCUT2D eigenvalue weighted by Gasteiger charge is 2.15. The molecule has 2 rings (SSSR count). The van der Waals surface area contributed by atoms with Gasteiger partial charge in [0, 0.05) is 24.7 Å². The molecular weight excluding hydrogens is 356 g/mol. The maximum Gasteiger partial charge on any atom is 0.253 e. The molecule has 2 amide bonds. The van der Waals surface area contributed by atoms with Crippen LogP contribution >= 0.6 is 11.6 Å². The van der Waals surface area contributed by atoms with Crippen LogP contribution in [0.4, 0.5) is 17.2 Å². The van der Waals surface area contributed by atoms with Gasteiger partial charge >= 0.3 is 0 Å². The number of rotatable bonds is 7. The normalized spacial score (nSPS) is 12.8. The summed E-state index contributed by atoms with van der Waals surface area (Å²) in [4.78, 5) is 28.2. The van der Waals surface area contributed by atoms with E-state index in [0.29, 0.717) is 22.2 Å². The number of aromatic nitrogens is 1. The number of carbonyl (C=O) groups excluding carboxylic acids is 2. The molecule has 0 aliphatic carbocycles. The number of nitrogens with one attached hydrogen (secondary N) is 3. The summed E-state index contributed by atoms with van der Waals surface area (Å²) < 4.78 is 4.98. The van der Waals surface area contributed by atoms with E-state index in [4.69, 9.17) is 16.3 Å². The molecule has 0 fully saturated rings. The van der Waals surface area contributed by atoms with E-state index in [1.54, 1.807) is 50.2 Å². The number of methoxy groups -OCH3 is 1. The van der Waals surface area contributed by atoms with Gasteiger partial charge in [-0.05, 0) is 44.2 Å². The van der Waals surface area contributed by atoms with E-state index in [1.165, 1.54) is 13.3 Å². The van der Waals surface area contributed by atoms with Crippen LogP contribution in [0.2, 0.25) is 5.02 Å². The summed E-state index contributed by atoms with van der Waals surface area (Å²) in [6.45, 7) is 3.39.